The molecule has 5 nitrogen and oxygen atoms in total. The van der Waals surface area contributed by atoms with E-state index >= 15 is 0 Å². The quantitative estimate of drug-likeness (QED) is 0.806. The molecule has 22 heavy (non-hydrogen) atoms. The van der Waals surface area contributed by atoms with Crippen molar-refractivity contribution in [3.63, 3.8) is 0 Å². The van der Waals surface area contributed by atoms with Crippen molar-refractivity contribution in [3.05, 3.63) is 28.2 Å². The van der Waals surface area contributed by atoms with E-state index in [0.29, 0.717) is 10.0 Å². The zero-order valence-electron chi connectivity index (χ0n) is 12.8. The second-order valence-electron chi connectivity index (χ2n) is 5.15. The van der Waals surface area contributed by atoms with Crippen LogP contribution in [0, 0.1) is 0 Å². The SMILES string of the molecule is CCC[C@@H](C)NC(=O)CN(c1cc(Cl)cc(Cl)c1)S(C)(=O)=O. The molecule has 0 saturated carbocycles. The van der Waals surface area contributed by atoms with E-state index in [1.807, 2.05) is 13.8 Å². The predicted octanol–water partition coefficient (Wildman–Crippen LogP) is 3.06. The van der Waals surface area contributed by atoms with Crippen molar-refractivity contribution in [1.82, 2.24) is 5.32 Å². The van der Waals surface area contributed by atoms with Crippen molar-refractivity contribution in [2.75, 3.05) is 17.1 Å². The molecule has 124 valence electrons. The van der Waals surface area contributed by atoms with Gasteiger partial charge in [0.1, 0.15) is 6.54 Å². The maximum atomic E-state index is 12.0. The summed E-state index contributed by atoms with van der Waals surface area (Å²) in [5.41, 5.74) is 0.262. The Labute approximate surface area is 141 Å². The van der Waals surface area contributed by atoms with Gasteiger partial charge in [-0.15, -0.1) is 0 Å². The number of anilines is 1. The fourth-order valence-electron chi connectivity index (χ4n) is 2.04. The van der Waals surface area contributed by atoms with Crippen LogP contribution in [0.2, 0.25) is 10.0 Å². The van der Waals surface area contributed by atoms with Gasteiger partial charge in [-0.3, -0.25) is 9.10 Å². The fourth-order valence-corrected chi connectivity index (χ4v) is 3.39. The largest absolute Gasteiger partial charge is 0.352 e. The highest BCUT2D eigenvalue weighted by atomic mass is 35.5. The van der Waals surface area contributed by atoms with Gasteiger partial charge in [-0.1, -0.05) is 36.5 Å². The highest BCUT2D eigenvalue weighted by Crippen LogP contribution is 2.26. The van der Waals surface area contributed by atoms with E-state index in [2.05, 4.69) is 5.32 Å². The molecule has 0 aliphatic carbocycles. The summed E-state index contributed by atoms with van der Waals surface area (Å²) in [4.78, 5) is 12.0. The monoisotopic (exact) mass is 366 g/mol. The lowest BCUT2D eigenvalue weighted by molar-refractivity contribution is -0.120. The minimum atomic E-state index is -3.64. The van der Waals surface area contributed by atoms with Gasteiger partial charge in [0.05, 0.1) is 11.9 Å². The van der Waals surface area contributed by atoms with Gasteiger partial charge in [-0.2, -0.15) is 0 Å². The number of hydrogen-bond donors (Lipinski definition) is 1. The third kappa shape index (κ3) is 6.02. The average molecular weight is 367 g/mol. The van der Waals surface area contributed by atoms with E-state index in [1.54, 1.807) is 0 Å². The van der Waals surface area contributed by atoms with E-state index in [-0.39, 0.29) is 24.2 Å². The van der Waals surface area contributed by atoms with Gasteiger partial charge >= 0.3 is 0 Å². The molecule has 0 fully saturated rings. The lowest BCUT2D eigenvalue weighted by Crippen LogP contribution is -2.43. The summed E-state index contributed by atoms with van der Waals surface area (Å²) in [6.45, 7) is 3.57. The number of amides is 1. The minimum absolute atomic E-state index is 0.0122. The van der Waals surface area contributed by atoms with E-state index in [4.69, 9.17) is 23.2 Å². The lowest BCUT2D eigenvalue weighted by Gasteiger charge is -2.23. The third-order valence-electron chi connectivity index (χ3n) is 2.95. The van der Waals surface area contributed by atoms with Crippen LogP contribution in [0.25, 0.3) is 0 Å². The maximum absolute atomic E-state index is 12.0. The summed E-state index contributed by atoms with van der Waals surface area (Å²) in [7, 11) is -3.64. The van der Waals surface area contributed by atoms with Crippen molar-refractivity contribution in [2.45, 2.75) is 32.7 Å². The normalized spacial score (nSPS) is 12.8. The Bertz CT molecular complexity index is 615. The molecule has 0 aliphatic heterocycles. The molecule has 0 spiro atoms. The van der Waals surface area contributed by atoms with Crippen LogP contribution in [0.1, 0.15) is 26.7 Å². The van der Waals surface area contributed by atoms with Crippen molar-refractivity contribution in [3.8, 4) is 0 Å². The second-order valence-corrected chi connectivity index (χ2v) is 7.93. The first kappa shape index (κ1) is 19.1. The molecular formula is C14H20Cl2N2O3S. The van der Waals surface area contributed by atoms with Gasteiger partial charge in [0, 0.05) is 16.1 Å². The van der Waals surface area contributed by atoms with Crippen LogP contribution >= 0.6 is 23.2 Å². The maximum Gasteiger partial charge on any atom is 0.240 e. The Morgan fingerprint density at radius 3 is 2.27 bits per heavy atom. The Morgan fingerprint density at radius 1 is 1.27 bits per heavy atom. The first-order chi connectivity index (χ1) is 10.1. The van der Waals surface area contributed by atoms with E-state index < -0.39 is 10.0 Å². The van der Waals surface area contributed by atoms with Crippen LogP contribution in [-0.4, -0.2) is 33.2 Å². The standard InChI is InChI=1S/C14H20Cl2N2O3S/c1-4-5-10(2)17-14(19)9-18(22(3,20)21)13-7-11(15)6-12(16)8-13/h6-8,10H,4-5,9H2,1-3H3,(H,17,19)/t10-/m1/s1. The molecule has 1 amide bonds. The van der Waals surface area contributed by atoms with Crippen LogP contribution in [0.3, 0.4) is 0 Å². The molecule has 1 N–H and O–H groups in total. The van der Waals surface area contributed by atoms with Crippen LogP contribution in [0.4, 0.5) is 5.69 Å². The lowest BCUT2D eigenvalue weighted by atomic mass is 10.2. The van der Waals surface area contributed by atoms with Gasteiger partial charge in [0.15, 0.2) is 0 Å². The van der Waals surface area contributed by atoms with Crippen molar-refractivity contribution in [2.24, 2.45) is 0 Å². The molecule has 0 bridgehead atoms. The molecule has 0 radical (unpaired) electrons. The van der Waals surface area contributed by atoms with Crippen LogP contribution in [-0.2, 0) is 14.8 Å². The third-order valence-corrected chi connectivity index (χ3v) is 4.53. The summed E-state index contributed by atoms with van der Waals surface area (Å²) < 4.78 is 24.9. The summed E-state index contributed by atoms with van der Waals surface area (Å²) in [5, 5.41) is 3.37. The molecule has 0 aromatic heterocycles. The van der Waals surface area contributed by atoms with Gasteiger partial charge in [0.25, 0.3) is 0 Å². The Hall–Kier alpha value is -0.980. The molecule has 1 rings (SSSR count). The van der Waals surface area contributed by atoms with E-state index in [1.165, 1.54) is 18.2 Å². The van der Waals surface area contributed by atoms with E-state index in [9.17, 15) is 13.2 Å². The van der Waals surface area contributed by atoms with Crippen LogP contribution < -0.4 is 9.62 Å². The number of halogens is 2. The van der Waals surface area contributed by atoms with Gasteiger partial charge in [0.2, 0.25) is 15.9 Å². The first-order valence-corrected chi connectivity index (χ1v) is 9.47. The fraction of sp³-hybridized carbons (Fsp3) is 0.500. The van der Waals surface area contributed by atoms with Crippen molar-refractivity contribution < 1.29 is 13.2 Å². The minimum Gasteiger partial charge on any atom is -0.352 e. The smallest absolute Gasteiger partial charge is 0.240 e. The van der Waals surface area contributed by atoms with E-state index in [0.717, 1.165) is 23.4 Å². The number of rotatable bonds is 7. The zero-order valence-corrected chi connectivity index (χ0v) is 15.1. The highest BCUT2D eigenvalue weighted by molar-refractivity contribution is 7.92. The van der Waals surface area contributed by atoms with Gasteiger partial charge in [-0.25, -0.2) is 8.42 Å². The highest BCUT2D eigenvalue weighted by Gasteiger charge is 2.22. The number of benzene rings is 1. The van der Waals surface area contributed by atoms with Gasteiger partial charge in [-0.05, 0) is 31.5 Å². The number of carbonyl (C=O) groups excluding carboxylic acids is 1. The number of nitrogens with zero attached hydrogens (tertiary/aromatic N) is 1. The molecule has 0 unspecified atom stereocenters. The number of hydrogen-bond acceptors (Lipinski definition) is 3. The molecular weight excluding hydrogens is 347 g/mol. The van der Waals surface area contributed by atoms with Crippen molar-refractivity contribution >= 4 is 44.8 Å². The number of nitrogens with one attached hydrogen (secondary N) is 1. The summed E-state index contributed by atoms with van der Waals surface area (Å²) >= 11 is 11.8. The molecule has 1 aromatic rings. The molecule has 8 heteroatoms. The molecule has 0 saturated heterocycles. The van der Waals surface area contributed by atoms with Gasteiger partial charge < -0.3 is 5.32 Å². The number of carbonyl (C=O) groups is 1. The molecule has 1 atom stereocenters. The molecule has 1 aromatic carbocycles. The summed E-state index contributed by atoms with van der Waals surface area (Å²) in [6, 6.07) is 4.40. The molecule has 0 aliphatic rings. The molecule has 0 heterocycles. The average Bonchev–Trinajstić information content (AvgIpc) is 2.33. The van der Waals surface area contributed by atoms with Crippen molar-refractivity contribution in [1.29, 1.82) is 0 Å². The van der Waals surface area contributed by atoms with Crippen LogP contribution in [0.15, 0.2) is 18.2 Å². The predicted molar refractivity (Wildman–Crippen MR) is 91.2 cm³/mol. The summed E-state index contributed by atoms with van der Waals surface area (Å²) in [5.74, 6) is -0.373. The topological polar surface area (TPSA) is 66.5 Å². The van der Waals surface area contributed by atoms with Crippen LogP contribution in [0.5, 0.6) is 0 Å². The zero-order chi connectivity index (χ0) is 16.9. The summed E-state index contributed by atoms with van der Waals surface area (Å²) in [6.07, 6.45) is 2.79. The number of sulfonamides is 1. The Kier molecular flexibility index (Phi) is 6.97. The second kappa shape index (κ2) is 8.04. The Morgan fingerprint density at radius 2 is 1.82 bits per heavy atom. The first-order valence-electron chi connectivity index (χ1n) is 6.86. The Balaban J connectivity index is 2.98.